The average Bonchev–Trinajstić information content (AvgIpc) is 3.00. The molecule has 0 aliphatic heterocycles. The van der Waals surface area contributed by atoms with E-state index in [0.717, 1.165) is 17.5 Å². The summed E-state index contributed by atoms with van der Waals surface area (Å²) in [5.74, 6) is 0. The van der Waals surface area contributed by atoms with E-state index in [1.807, 2.05) is 6.07 Å². The molecule has 0 N–H and O–H groups in total. The molecule has 0 saturated carbocycles. The summed E-state index contributed by atoms with van der Waals surface area (Å²) >= 11 is 0. The molecule has 1 aromatic carbocycles. The summed E-state index contributed by atoms with van der Waals surface area (Å²) in [6.07, 6.45) is 5.75. The predicted molar refractivity (Wildman–Crippen MR) is 76.9 cm³/mol. The first-order chi connectivity index (χ1) is 10.3. The lowest BCUT2D eigenvalue weighted by molar-refractivity contribution is 0.112. The monoisotopic (exact) mass is 274 g/mol. The van der Waals surface area contributed by atoms with Crippen molar-refractivity contribution in [2.75, 3.05) is 0 Å². The highest BCUT2D eigenvalue weighted by Crippen LogP contribution is 2.23. The van der Waals surface area contributed by atoms with Gasteiger partial charge in [-0.15, -0.1) is 0 Å². The fourth-order valence-corrected chi connectivity index (χ4v) is 2.06. The summed E-state index contributed by atoms with van der Waals surface area (Å²) in [6.45, 7) is 0. The summed E-state index contributed by atoms with van der Waals surface area (Å²) in [5, 5.41) is 13.4. The van der Waals surface area contributed by atoms with Crippen LogP contribution in [0.1, 0.15) is 15.9 Å². The normalized spacial score (nSPS) is 10.0. The first-order valence-electron chi connectivity index (χ1n) is 6.27. The van der Waals surface area contributed by atoms with Crippen molar-refractivity contribution in [1.82, 2.24) is 14.8 Å². The van der Waals surface area contributed by atoms with E-state index in [2.05, 4.69) is 16.2 Å². The summed E-state index contributed by atoms with van der Waals surface area (Å²) in [5.41, 5.74) is 3.11. The van der Waals surface area contributed by atoms with Gasteiger partial charge in [0.15, 0.2) is 6.29 Å². The molecule has 0 spiro atoms. The van der Waals surface area contributed by atoms with Crippen LogP contribution in [0, 0.1) is 11.3 Å². The molecule has 2 heterocycles. The van der Waals surface area contributed by atoms with Gasteiger partial charge >= 0.3 is 0 Å². The minimum absolute atomic E-state index is 0.474. The summed E-state index contributed by atoms with van der Waals surface area (Å²) in [7, 11) is 0. The zero-order valence-electron chi connectivity index (χ0n) is 11.0. The molecule has 0 bridgehead atoms. The van der Waals surface area contributed by atoms with Crippen molar-refractivity contribution in [3.63, 3.8) is 0 Å². The number of nitrogens with zero attached hydrogens (tertiary/aromatic N) is 4. The van der Waals surface area contributed by atoms with Gasteiger partial charge in [0.25, 0.3) is 0 Å². The standard InChI is InChI=1S/C16H10N4O/c17-9-12-2-1-3-13(8-12)16-14(11-21)10-20(19-16)15-4-6-18-7-5-15/h1-8,10-11H. The van der Waals surface area contributed by atoms with E-state index in [1.165, 1.54) is 0 Å². The van der Waals surface area contributed by atoms with Gasteiger partial charge < -0.3 is 0 Å². The molecule has 100 valence electrons. The van der Waals surface area contributed by atoms with E-state index in [1.54, 1.807) is 53.6 Å². The van der Waals surface area contributed by atoms with Crippen LogP contribution in [0.2, 0.25) is 0 Å². The minimum Gasteiger partial charge on any atom is -0.298 e. The van der Waals surface area contributed by atoms with E-state index in [-0.39, 0.29) is 0 Å². The number of carbonyl (C=O) groups excluding carboxylic acids is 1. The van der Waals surface area contributed by atoms with E-state index in [4.69, 9.17) is 5.26 Å². The second kappa shape index (κ2) is 5.39. The Balaban J connectivity index is 2.13. The molecule has 5 nitrogen and oxygen atoms in total. The molecule has 0 aliphatic rings. The Morgan fingerprint density at radius 1 is 1.19 bits per heavy atom. The average molecular weight is 274 g/mol. The van der Waals surface area contributed by atoms with Crippen molar-refractivity contribution in [1.29, 1.82) is 5.26 Å². The Morgan fingerprint density at radius 2 is 2.00 bits per heavy atom. The third-order valence-corrected chi connectivity index (χ3v) is 3.06. The van der Waals surface area contributed by atoms with Crippen molar-refractivity contribution in [2.24, 2.45) is 0 Å². The Labute approximate surface area is 121 Å². The first-order valence-corrected chi connectivity index (χ1v) is 6.27. The van der Waals surface area contributed by atoms with Gasteiger partial charge in [-0.1, -0.05) is 12.1 Å². The van der Waals surface area contributed by atoms with Crippen LogP contribution in [-0.4, -0.2) is 21.1 Å². The zero-order valence-corrected chi connectivity index (χ0v) is 11.0. The topological polar surface area (TPSA) is 71.6 Å². The van der Waals surface area contributed by atoms with Crippen LogP contribution in [0.4, 0.5) is 0 Å². The van der Waals surface area contributed by atoms with E-state index >= 15 is 0 Å². The van der Waals surface area contributed by atoms with Crippen molar-refractivity contribution in [3.8, 4) is 23.0 Å². The van der Waals surface area contributed by atoms with Gasteiger partial charge in [0.05, 0.1) is 22.9 Å². The molecule has 0 saturated heterocycles. The summed E-state index contributed by atoms with van der Waals surface area (Å²) in [6, 6.07) is 12.7. The predicted octanol–water partition coefficient (Wildman–Crippen LogP) is 2.62. The van der Waals surface area contributed by atoms with Crippen LogP contribution in [-0.2, 0) is 0 Å². The fraction of sp³-hybridized carbons (Fsp3) is 0. The number of rotatable bonds is 3. The van der Waals surface area contributed by atoms with Gasteiger partial charge in [0.1, 0.15) is 5.69 Å². The number of aldehydes is 1. The number of hydrogen-bond acceptors (Lipinski definition) is 4. The smallest absolute Gasteiger partial charge is 0.153 e. The van der Waals surface area contributed by atoms with Gasteiger partial charge in [-0.05, 0) is 24.3 Å². The quantitative estimate of drug-likeness (QED) is 0.688. The molecule has 21 heavy (non-hydrogen) atoms. The number of carbonyl (C=O) groups is 1. The van der Waals surface area contributed by atoms with Crippen LogP contribution in [0.15, 0.2) is 55.0 Å². The molecule has 0 unspecified atom stereocenters. The summed E-state index contributed by atoms with van der Waals surface area (Å²) in [4.78, 5) is 15.2. The summed E-state index contributed by atoms with van der Waals surface area (Å²) < 4.78 is 1.62. The van der Waals surface area contributed by atoms with Crippen molar-refractivity contribution >= 4 is 6.29 Å². The molecule has 5 heteroatoms. The highest BCUT2D eigenvalue weighted by molar-refractivity contribution is 5.85. The van der Waals surface area contributed by atoms with Gasteiger partial charge in [0, 0.05) is 24.2 Å². The molecular formula is C16H10N4O. The highest BCUT2D eigenvalue weighted by Gasteiger charge is 2.12. The zero-order chi connectivity index (χ0) is 14.7. The maximum Gasteiger partial charge on any atom is 0.153 e. The second-order valence-corrected chi connectivity index (χ2v) is 4.39. The fourth-order valence-electron chi connectivity index (χ4n) is 2.06. The van der Waals surface area contributed by atoms with Gasteiger partial charge in [-0.25, -0.2) is 4.68 Å². The number of aromatic nitrogens is 3. The Bertz CT molecular complexity index is 831. The number of benzene rings is 1. The third kappa shape index (κ3) is 2.42. The largest absolute Gasteiger partial charge is 0.298 e. The Kier molecular flexibility index (Phi) is 3.27. The van der Waals surface area contributed by atoms with Crippen LogP contribution < -0.4 is 0 Å². The van der Waals surface area contributed by atoms with Gasteiger partial charge in [-0.3, -0.25) is 9.78 Å². The number of hydrogen-bond donors (Lipinski definition) is 0. The van der Waals surface area contributed by atoms with Gasteiger partial charge in [-0.2, -0.15) is 10.4 Å². The molecule has 2 aromatic heterocycles. The van der Waals surface area contributed by atoms with Crippen molar-refractivity contribution in [2.45, 2.75) is 0 Å². The lowest BCUT2D eigenvalue weighted by atomic mass is 10.1. The molecule has 3 aromatic rings. The second-order valence-electron chi connectivity index (χ2n) is 4.39. The molecule has 0 amide bonds. The van der Waals surface area contributed by atoms with Crippen LogP contribution >= 0.6 is 0 Å². The van der Waals surface area contributed by atoms with Crippen LogP contribution in [0.3, 0.4) is 0 Å². The van der Waals surface area contributed by atoms with E-state index < -0.39 is 0 Å². The molecule has 0 aliphatic carbocycles. The third-order valence-electron chi connectivity index (χ3n) is 3.06. The lowest BCUT2D eigenvalue weighted by Gasteiger charge is -2.00. The number of pyridine rings is 1. The molecule has 0 radical (unpaired) electrons. The molecular weight excluding hydrogens is 264 g/mol. The van der Waals surface area contributed by atoms with Crippen molar-refractivity contribution < 1.29 is 4.79 Å². The van der Waals surface area contributed by atoms with Crippen LogP contribution in [0.25, 0.3) is 16.9 Å². The minimum atomic E-state index is 0.474. The number of nitriles is 1. The van der Waals surface area contributed by atoms with Gasteiger partial charge in [0.2, 0.25) is 0 Å². The molecule has 0 fully saturated rings. The Morgan fingerprint density at radius 3 is 2.71 bits per heavy atom. The van der Waals surface area contributed by atoms with Crippen LogP contribution in [0.5, 0.6) is 0 Å². The molecule has 3 rings (SSSR count). The Hall–Kier alpha value is -3.26. The SMILES string of the molecule is N#Cc1cccc(-c2nn(-c3ccncc3)cc2C=O)c1. The maximum absolute atomic E-state index is 11.3. The highest BCUT2D eigenvalue weighted by atomic mass is 16.1. The first kappa shape index (κ1) is 12.8. The molecule has 0 atom stereocenters. The maximum atomic E-state index is 11.3. The van der Waals surface area contributed by atoms with E-state index in [0.29, 0.717) is 16.8 Å². The van der Waals surface area contributed by atoms with Crippen molar-refractivity contribution in [3.05, 3.63) is 66.1 Å². The van der Waals surface area contributed by atoms with E-state index in [9.17, 15) is 4.79 Å². The lowest BCUT2D eigenvalue weighted by Crippen LogP contribution is -1.94.